The van der Waals surface area contributed by atoms with Gasteiger partial charge in [0, 0.05) is 9.79 Å². The minimum atomic E-state index is 0.936. The van der Waals surface area contributed by atoms with Crippen LogP contribution in [0.15, 0.2) is 117 Å². The zero-order chi connectivity index (χ0) is 18.0. The van der Waals surface area contributed by atoms with Gasteiger partial charge in [0.25, 0.3) is 0 Å². The molecule has 0 bridgehead atoms. The van der Waals surface area contributed by atoms with Crippen LogP contribution in [0.1, 0.15) is 13.3 Å². The number of thioether (sulfide) groups is 2. The summed E-state index contributed by atoms with van der Waals surface area (Å²) >= 11 is 3.47. The van der Waals surface area contributed by atoms with Crippen LogP contribution in [-0.2, 0) is 0 Å². The van der Waals surface area contributed by atoms with Crippen molar-refractivity contribution in [2.75, 3.05) is 0 Å². The summed E-state index contributed by atoms with van der Waals surface area (Å²) in [4.78, 5) is 7.37. The molecule has 0 saturated heterocycles. The SMILES string of the molecule is CC/C(=C\Sc1ccccc1)C(=Nc1ccccc1)Sc1ccccc1. The molecule has 0 aromatic heterocycles. The fourth-order valence-corrected chi connectivity index (χ4v) is 4.25. The second kappa shape index (κ2) is 10.0. The average molecular weight is 376 g/mol. The summed E-state index contributed by atoms with van der Waals surface area (Å²) in [6.07, 6.45) is 0.936. The van der Waals surface area contributed by atoms with E-state index in [-0.39, 0.29) is 0 Å². The molecule has 0 amide bonds. The lowest BCUT2D eigenvalue weighted by atomic mass is 10.2. The number of hydrogen-bond donors (Lipinski definition) is 0. The van der Waals surface area contributed by atoms with Gasteiger partial charge in [-0.25, -0.2) is 4.99 Å². The number of benzene rings is 3. The molecule has 3 aromatic carbocycles. The van der Waals surface area contributed by atoms with Crippen LogP contribution in [0.5, 0.6) is 0 Å². The van der Waals surface area contributed by atoms with Crippen LogP contribution >= 0.6 is 23.5 Å². The number of nitrogens with zero attached hydrogens (tertiary/aromatic N) is 1. The number of aliphatic imine (C=N–C) groups is 1. The summed E-state index contributed by atoms with van der Waals surface area (Å²) in [6.45, 7) is 2.18. The molecule has 0 spiro atoms. The van der Waals surface area contributed by atoms with Gasteiger partial charge in [-0.3, -0.25) is 0 Å². The van der Waals surface area contributed by atoms with E-state index in [1.807, 2.05) is 42.5 Å². The molecule has 0 saturated carbocycles. The topological polar surface area (TPSA) is 12.4 Å². The van der Waals surface area contributed by atoms with Crippen molar-refractivity contribution in [2.24, 2.45) is 4.99 Å². The first kappa shape index (κ1) is 18.6. The van der Waals surface area contributed by atoms with Gasteiger partial charge in [0.05, 0.1) is 5.69 Å². The van der Waals surface area contributed by atoms with Gasteiger partial charge in [-0.15, -0.1) is 0 Å². The summed E-state index contributed by atoms with van der Waals surface area (Å²) in [7, 11) is 0. The Morgan fingerprint density at radius 1 is 0.769 bits per heavy atom. The smallest absolute Gasteiger partial charge is 0.105 e. The highest BCUT2D eigenvalue weighted by atomic mass is 32.2. The standard InChI is InChI=1S/C23H21NS2/c1-2-19(18-25-21-14-8-4-9-15-21)23(24-20-12-6-3-7-13-20)26-22-16-10-5-11-17-22/h3-18H,2H2,1H3/b19-18+,24-23?. The van der Waals surface area contributed by atoms with Crippen LogP contribution in [0.25, 0.3) is 0 Å². The van der Waals surface area contributed by atoms with Gasteiger partial charge in [0.2, 0.25) is 0 Å². The van der Waals surface area contributed by atoms with Crippen LogP contribution in [0.4, 0.5) is 5.69 Å². The molecule has 0 aliphatic heterocycles. The minimum Gasteiger partial charge on any atom is -0.241 e. The third kappa shape index (κ3) is 5.65. The average Bonchev–Trinajstić information content (AvgIpc) is 2.71. The second-order valence-electron chi connectivity index (χ2n) is 5.60. The highest BCUT2D eigenvalue weighted by Gasteiger charge is 2.09. The Balaban J connectivity index is 1.91. The first-order chi connectivity index (χ1) is 12.8. The molecule has 3 heteroatoms. The largest absolute Gasteiger partial charge is 0.241 e. The Labute approximate surface area is 164 Å². The Kier molecular flexibility index (Phi) is 7.17. The van der Waals surface area contributed by atoms with Crippen molar-refractivity contribution in [3.8, 4) is 0 Å². The molecule has 0 fully saturated rings. The van der Waals surface area contributed by atoms with E-state index in [2.05, 4.69) is 60.9 Å². The molecule has 0 unspecified atom stereocenters. The molecular weight excluding hydrogens is 354 g/mol. The van der Waals surface area contributed by atoms with Gasteiger partial charge in [0.15, 0.2) is 0 Å². The molecule has 26 heavy (non-hydrogen) atoms. The van der Waals surface area contributed by atoms with E-state index < -0.39 is 0 Å². The second-order valence-corrected chi connectivity index (χ2v) is 7.60. The molecule has 1 nitrogen and oxygen atoms in total. The van der Waals surface area contributed by atoms with E-state index in [0.29, 0.717) is 0 Å². The highest BCUT2D eigenvalue weighted by Crippen LogP contribution is 2.30. The molecule has 0 heterocycles. The van der Waals surface area contributed by atoms with Crippen molar-refractivity contribution in [3.05, 3.63) is 102 Å². The van der Waals surface area contributed by atoms with Crippen molar-refractivity contribution in [1.29, 1.82) is 0 Å². The van der Waals surface area contributed by atoms with E-state index in [0.717, 1.165) is 17.2 Å². The molecule has 3 aromatic rings. The lowest BCUT2D eigenvalue weighted by Gasteiger charge is -2.10. The van der Waals surface area contributed by atoms with Crippen molar-refractivity contribution in [1.82, 2.24) is 0 Å². The maximum atomic E-state index is 4.94. The molecule has 0 aliphatic rings. The summed E-state index contributed by atoms with van der Waals surface area (Å²) in [6, 6.07) is 31.0. The molecule has 0 aliphatic carbocycles. The molecule has 130 valence electrons. The number of para-hydroxylation sites is 1. The number of rotatable bonds is 6. The summed E-state index contributed by atoms with van der Waals surface area (Å²) in [5.74, 6) is 0. The van der Waals surface area contributed by atoms with Crippen molar-refractivity contribution in [3.63, 3.8) is 0 Å². The summed E-state index contributed by atoms with van der Waals surface area (Å²) in [5.41, 5.74) is 2.23. The monoisotopic (exact) mass is 375 g/mol. The van der Waals surface area contributed by atoms with E-state index in [1.165, 1.54) is 15.4 Å². The van der Waals surface area contributed by atoms with E-state index in [4.69, 9.17) is 4.99 Å². The fourth-order valence-electron chi connectivity index (χ4n) is 2.30. The van der Waals surface area contributed by atoms with Crippen molar-refractivity contribution < 1.29 is 0 Å². The summed E-state index contributed by atoms with van der Waals surface area (Å²) in [5, 5.41) is 3.28. The van der Waals surface area contributed by atoms with E-state index in [1.54, 1.807) is 23.5 Å². The molecule has 3 rings (SSSR count). The molecule has 0 atom stereocenters. The van der Waals surface area contributed by atoms with Gasteiger partial charge in [-0.05, 0) is 53.8 Å². The third-order valence-corrected chi connectivity index (χ3v) is 5.68. The van der Waals surface area contributed by atoms with Gasteiger partial charge in [-0.1, -0.05) is 85.0 Å². The Morgan fingerprint density at radius 3 is 1.88 bits per heavy atom. The van der Waals surface area contributed by atoms with Gasteiger partial charge >= 0.3 is 0 Å². The third-order valence-electron chi connectivity index (χ3n) is 3.68. The summed E-state index contributed by atoms with van der Waals surface area (Å²) < 4.78 is 0. The molecule has 0 N–H and O–H groups in total. The fraction of sp³-hybridized carbons (Fsp3) is 0.0870. The zero-order valence-corrected chi connectivity index (χ0v) is 16.3. The van der Waals surface area contributed by atoms with Crippen molar-refractivity contribution in [2.45, 2.75) is 23.1 Å². The predicted molar refractivity (Wildman–Crippen MR) is 117 cm³/mol. The zero-order valence-electron chi connectivity index (χ0n) is 14.7. The van der Waals surface area contributed by atoms with Crippen LogP contribution in [-0.4, -0.2) is 5.04 Å². The van der Waals surface area contributed by atoms with E-state index >= 15 is 0 Å². The van der Waals surface area contributed by atoms with E-state index in [9.17, 15) is 0 Å². The highest BCUT2D eigenvalue weighted by molar-refractivity contribution is 8.14. The number of hydrogen-bond acceptors (Lipinski definition) is 3. The minimum absolute atomic E-state index is 0.936. The predicted octanol–water partition coefficient (Wildman–Crippen LogP) is 7.60. The lowest BCUT2D eigenvalue weighted by Crippen LogP contribution is -1.97. The normalized spacial score (nSPS) is 12.2. The maximum Gasteiger partial charge on any atom is 0.105 e. The van der Waals surface area contributed by atoms with Crippen LogP contribution in [0, 0.1) is 0 Å². The molecular formula is C23H21NS2. The van der Waals surface area contributed by atoms with Crippen LogP contribution < -0.4 is 0 Å². The van der Waals surface area contributed by atoms with Crippen molar-refractivity contribution >= 4 is 34.3 Å². The first-order valence-electron chi connectivity index (χ1n) is 8.63. The Bertz CT molecular complexity index is 856. The van der Waals surface area contributed by atoms with Crippen LogP contribution in [0.2, 0.25) is 0 Å². The Hall–Kier alpha value is -2.23. The van der Waals surface area contributed by atoms with Gasteiger partial charge < -0.3 is 0 Å². The lowest BCUT2D eigenvalue weighted by molar-refractivity contribution is 1.18. The maximum absolute atomic E-state index is 4.94. The van der Waals surface area contributed by atoms with Gasteiger partial charge in [0.1, 0.15) is 5.04 Å². The molecule has 0 radical (unpaired) electrons. The quantitative estimate of drug-likeness (QED) is 0.250. The van der Waals surface area contributed by atoms with Gasteiger partial charge in [-0.2, -0.15) is 0 Å². The first-order valence-corrected chi connectivity index (χ1v) is 10.3. The van der Waals surface area contributed by atoms with Crippen LogP contribution in [0.3, 0.4) is 0 Å². The Morgan fingerprint density at radius 2 is 1.31 bits per heavy atom.